The van der Waals surface area contributed by atoms with Gasteiger partial charge in [0.1, 0.15) is 0 Å². The first-order chi connectivity index (χ1) is 13.7. The molecular weight excluding hydrogens is 350 g/mol. The summed E-state index contributed by atoms with van der Waals surface area (Å²) >= 11 is 0. The van der Waals surface area contributed by atoms with E-state index in [-0.39, 0.29) is 24.2 Å². The van der Waals surface area contributed by atoms with Crippen LogP contribution in [0.1, 0.15) is 48.5 Å². The molecule has 0 unspecified atom stereocenters. The Morgan fingerprint density at radius 1 is 1.04 bits per heavy atom. The van der Waals surface area contributed by atoms with Crippen molar-refractivity contribution in [2.75, 3.05) is 31.1 Å². The van der Waals surface area contributed by atoms with Gasteiger partial charge in [-0.3, -0.25) is 9.88 Å². The number of aliphatic hydroxyl groups is 2. The molecule has 0 radical (unpaired) electrons. The number of aliphatic hydroxyl groups excluding tert-OH is 2. The van der Waals surface area contributed by atoms with Crippen molar-refractivity contribution in [2.24, 2.45) is 0 Å². The Morgan fingerprint density at radius 3 is 2.54 bits per heavy atom. The summed E-state index contributed by atoms with van der Waals surface area (Å²) in [6.07, 6.45) is 5.81. The summed E-state index contributed by atoms with van der Waals surface area (Å²) in [5.74, 6) is 0. The third-order valence-electron chi connectivity index (χ3n) is 7.20. The second-order valence-electron chi connectivity index (χ2n) is 8.53. The van der Waals surface area contributed by atoms with Crippen LogP contribution in [0.2, 0.25) is 0 Å². The fraction of sp³-hybridized carbons (Fsp3) is 0.522. The Hall–Kier alpha value is -1.95. The number of benzene rings is 1. The molecule has 28 heavy (non-hydrogen) atoms. The molecule has 5 rings (SSSR count). The maximum Gasteiger partial charge on any atom is 0.0853 e. The van der Waals surface area contributed by atoms with Crippen molar-refractivity contribution < 1.29 is 10.2 Å². The van der Waals surface area contributed by atoms with Gasteiger partial charge in [-0.15, -0.1) is 0 Å². The van der Waals surface area contributed by atoms with Crippen molar-refractivity contribution in [3.05, 3.63) is 59.4 Å². The molecule has 1 aliphatic carbocycles. The molecule has 0 amide bonds. The van der Waals surface area contributed by atoms with Crippen LogP contribution in [0.15, 0.2) is 42.6 Å². The van der Waals surface area contributed by atoms with E-state index in [1.54, 1.807) is 6.20 Å². The monoisotopic (exact) mass is 379 g/mol. The van der Waals surface area contributed by atoms with Gasteiger partial charge in [0.05, 0.1) is 24.4 Å². The van der Waals surface area contributed by atoms with E-state index in [1.807, 2.05) is 12.1 Å². The molecule has 0 bridgehead atoms. The lowest BCUT2D eigenvalue weighted by Gasteiger charge is -2.44. The maximum atomic E-state index is 11.6. The number of anilines is 1. The average Bonchev–Trinajstić information content (AvgIpc) is 3.35. The quantitative estimate of drug-likeness (QED) is 0.859. The topological polar surface area (TPSA) is 59.8 Å². The van der Waals surface area contributed by atoms with Gasteiger partial charge in [-0.05, 0) is 62.0 Å². The van der Waals surface area contributed by atoms with Crippen molar-refractivity contribution in [1.82, 2.24) is 9.88 Å². The SMILES string of the molecule is OCc1cc(N2CCC3(CC2)c2ccccc2[C@@H](N2CCCC2)[C@@H]3O)ccn1. The van der Waals surface area contributed by atoms with Crippen LogP contribution in [0, 0.1) is 0 Å². The number of hydrogen-bond acceptors (Lipinski definition) is 5. The van der Waals surface area contributed by atoms with Gasteiger partial charge in [-0.25, -0.2) is 0 Å². The Kier molecular flexibility index (Phi) is 4.62. The summed E-state index contributed by atoms with van der Waals surface area (Å²) < 4.78 is 0. The lowest BCUT2D eigenvalue weighted by atomic mass is 9.72. The van der Waals surface area contributed by atoms with E-state index in [1.165, 1.54) is 24.0 Å². The Labute approximate surface area is 166 Å². The highest BCUT2D eigenvalue weighted by Gasteiger charge is 2.54. The Balaban J connectivity index is 1.43. The minimum Gasteiger partial charge on any atom is -0.390 e. The normalized spacial score (nSPS) is 26.7. The molecule has 2 N–H and O–H groups in total. The smallest absolute Gasteiger partial charge is 0.0853 e. The number of piperidine rings is 1. The van der Waals surface area contributed by atoms with Crippen molar-refractivity contribution in [3.8, 4) is 0 Å². The second kappa shape index (κ2) is 7.14. The minimum atomic E-state index is -0.337. The molecule has 5 nitrogen and oxygen atoms in total. The number of nitrogens with zero attached hydrogens (tertiary/aromatic N) is 3. The van der Waals surface area contributed by atoms with Crippen molar-refractivity contribution >= 4 is 5.69 Å². The third kappa shape index (κ3) is 2.76. The molecule has 2 saturated heterocycles. The highest BCUT2D eigenvalue weighted by molar-refractivity contribution is 5.50. The van der Waals surface area contributed by atoms with Crippen LogP contribution in [0.4, 0.5) is 5.69 Å². The predicted octanol–water partition coefficient (Wildman–Crippen LogP) is 2.62. The van der Waals surface area contributed by atoms with Crippen molar-refractivity contribution in [2.45, 2.75) is 49.9 Å². The lowest BCUT2D eigenvalue weighted by molar-refractivity contribution is 0.00816. The number of aromatic nitrogens is 1. The molecule has 148 valence electrons. The molecular formula is C23H29N3O2. The van der Waals surface area contributed by atoms with E-state index in [0.29, 0.717) is 5.69 Å². The summed E-state index contributed by atoms with van der Waals surface area (Å²) in [6.45, 7) is 3.98. The standard InChI is InChI=1S/C23H29N3O2/c27-16-17-15-18(7-10-24-17)25-13-8-23(9-14-25)20-6-2-1-5-19(20)21(22(23)28)26-11-3-4-12-26/h1-2,5-7,10,15,21-22,27-28H,3-4,8-9,11-14,16H2/t21-,22+/m1/s1. The number of fused-ring (bicyclic) bond motifs is 2. The highest BCUT2D eigenvalue weighted by Crippen LogP contribution is 2.53. The molecule has 3 heterocycles. The third-order valence-corrected chi connectivity index (χ3v) is 7.20. The van der Waals surface area contributed by atoms with E-state index in [9.17, 15) is 10.2 Å². The summed E-state index contributed by atoms with van der Waals surface area (Å²) in [5, 5.41) is 21.0. The molecule has 5 heteroatoms. The first-order valence-corrected chi connectivity index (χ1v) is 10.6. The fourth-order valence-corrected chi connectivity index (χ4v) is 5.73. The molecule has 0 saturated carbocycles. The van der Waals surface area contributed by atoms with E-state index >= 15 is 0 Å². The van der Waals surface area contributed by atoms with Crippen LogP contribution < -0.4 is 4.90 Å². The van der Waals surface area contributed by atoms with Gasteiger partial charge in [0.15, 0.2) is 0 Å². The van der Waals surface area contributed by atoms with Gasteiger partial charge in [0, 0.05) is 30.4 Å². The van der Waals surface area contributed by atoms with Crippen LogP contribution in [-0.2, 0) is 12.0 Å². The van der Waals surface area contributed by atoms with Crippen LogP contribution >= 0.6 is 0 Å². The zero-order chi connectivity index (χ0) is 19.1. The van der Waals surface area contributed by atoms with Gasteiger partial charge in [-0.1, -0.05) is 24.3 Å². The summed E-state index contributed by atoms with van der Waals surface area (Å²) in [6, 6.07) is 12.9. The molecule has 2 atom stereocenters. The average molecular weight is 380 g/mol. The van der Waals surface area contributed by atoms with Gasteiger partial charge in [0.25, 0.3) is 0 Å². The summed E-state index contributed by atoms with van der Waals surface area (Å²) in [7, 11) is 0. The van der Waals surface area contributed by atoms with Crippen molar-refractivity contribution in [1.29, 1.82) is 0 Å². The van der Waals surface area contributed by atoms with E-state index in [4.69, 9.17) is 0 Å². The number of hydrogen-bond donors (Lipinski definition) is 2. The molecule has 2 fully saturated rings. The molecule has 2 aliphatic heterocycles. The van der Waals surface area contributed by atoms with Gasteiger partial charge < -0.3 is 15.1 Å². The molecule has 3 aliphatic rings. The Morgan fingerprint density at radius 2 is 1.79 bits per heavy atom. The zero-order valence-electron chi connectivity index (χ0n) is 16.3. The zero-order valence-corrected chi connectivity index (χ0v) is 16.3. The van der Waals surface area contributed by atoms with Crippen LogP contribution in [0.3, 0.4) is 0 Å². The van der Waals surface area contributed by atoms with Gasteiger partial charge >= 0.3 is 0 Å². The molecule has 2 aromatic rings. The maximum absolute atomic E-state index is 11.6. The fourth-order valence-electron chi connectivity index (χ4n) is 5.73. The predicted molar refractivity (Wildman–Crippen MR) is 109 cm³/mol. The number of likely N-dealkylation sites (tertiary alicyclic amines) is 1. The number of pyridine rings is 1. The lowest BCUT2D eigenvalue weighted by Crippen LogP contribution is -2.49. The van der Waals surface area contributed by atoms with Gasteiger partial charge in [-0.2, -0.15) is 0 Å². The molecule has 1 spiro atoms. The summed E-state index contributed by atoms with van der Waals surface area (Å²) in [4.78, 5) is 9.06. The van der Waals surface area contributed by atoms with E-state index in [2.05, 4.69) is 39.0 Å². The largest absolute Gasteiger partial charge is 0.390 e. The van der Waals surface area contributed by atoms with Crippen LogP contribution in [0.5, 0.6) is 0 Å². The van der Waals surface area contributed by atoms with E-state index in [0.717, 1.165) is 44.7 Å². The number of rotatable bonds is 3. The molecule has 1 aromatic carbocycles. The van der Waals surface area contributed by atoms with E-state index < -0.39 is 0 Å². The first-order valence-electron chi connectivity index (χ1n) is 10.6. The van der Waals surface area contributed by atoms with Crippen LogP contribution in [0.25, 0.3) is 0 Å². The van der Waals surface area contributed by atoms with Crippen molar-refractivity contribution in [3.63, 3.8) is 0 Å². The van der Waals surface area contributed by atoms with Gasteiger partial charge in [0.2, 0.25) is 0 Å². The minimum absolute atomic E-state index is 0.0325. The highest BCUT2D eigenvalue weighted by atomic mass is 16.3. The first kappa shape index (κ1) is 18.1. The van der Waals surface area contributed by atoms with Crippen LogP contribution in [-0.4, -0.2) is 52.4 Å². The summed E-state index contributed by atoms with van der Waals surface area (Å²) in [5.41, 5.74) is 4.39. The Bertz CT molecular complexity index is 841. The second-order valence-corrected chi connectivity index (χ2v) is 8.53. The molecule has 1 aromatic heterocycles.